The van der Waals surface area contributed by atoms with Crippen molar-refractivity contribution in [3.8, 4) is 5.75 Å². The van der Waals surface area contributed by atoms with Crippen molar-refractivity contribution < 1.29 is 17.9 Å². The van der Waals surface area contributed by atoms with Gasteiger partial charge in [0.15, 0.2) is 0 Å². The lowest BCUT2D eigenvalue weighted by molar-refractivity contribution is -0.138. The fourth-order valence-electron chi connectivity index (χ4n) is 1.88. The van der Waals surface area contributed by atoms with Gasteiger partial charge in [0.2, 0.25) is 0 Å². The number of halogens is 4. The van der Waals surface area contributed by atoms with Crippen molar-refractivity contribution in [1.29, 1.82) is 0 Å². The zero-order chi connectivity index (χ0) is 15.5. The second-order valence-corrected chi connectivity index (χ2v) is 5.26. The first-order valence-electron chi connectivity index (χ1n) is 6.18. The third kappa shape index (κ3) is 3.98. The van der Waals surface area contributed by atoms with E-state index in [0.717, 1.165) is 16.1 Å². The van der Waals surface area contributed by atoms with Gasteiger partial charge in [0.25, 0.3) is 0 Å². The average Bonchev–Trinajstić information content (AvgIpc) is 2.45. The Kier molecular flexibility index (Phi) is 4.90. The van der Waals surface area contributed by atoms with E-state index in [9.17, 15) is 13.2 Å². The molecule has 0 bridgehead atoms. The van der Waals surface area contributed by atoms with E-state index in [2.05, 4.69) is 15.9 Å². The highest BCUT2D eigenvalue weighted by Crippen LogP contribution is 2.33. The van der Waals surface area contributed by atoms with Gasteiger partial charge in [0, 0.05) is 16.6 Å². The summed E-state index contributed by atoms with van der Waals surface area (Å²) < 4.78 is 44.7. The van der Waals surface area contributed by atoms with E-state index in [4.69, 9.17) is 10.5 Å². The lowest BCUT2D eigenvalue weighted by atomic mass is 10.1. The largest absolute Gasteiger partial charge is 0.489 e. The minimum atomic E-state index is -4.41. The van der Waals surface area contributed by atoms with Crippen molar-refractivity contribution in [2.24, 2.45) is 5.73 Å². The predicted octanol–water partition coefficient (Wildman–Crippen LogP) is 4.51. The quantitative estimate of drug-likeness (QED) is 0.871. The van der Waals surface area contributed by atoms with Gasteiger partial charge < -0.3 is 10.5 Å². The minimum Gasteiger partial charge on any atom is -0.489 e. The molecule has 0 unspecified atom stereocenters. The van der Waals surface area contributed by atoms with Crippen LogP contribution in [0, 0.1) is 0 Å². The second-order valence-electron chi connectivity index (χ2n) is 4.40. The van der Waals surface area contributed by atoms with Crippen LogP contribution in [0.4, 0.5) is 13.2 Å². The van der Waals surface area contributed by atoms with Gasteiger partial charge in [-0.15, -0.1) is 0 Å². The van der Waals surface area contributed by atoms with Gasteiger partial charge >= 0.3 is 6.18 Å². The number of alkyl halides is 3. The topological polar surface area (TPSA) is 35.2 Å². The Morgan fingerprint density at radius 2 is 1.76 bits per heavy atom. The molecule has 0 saturated carbocycles. The van der Waals surface area contributed by atoms with E-state index in [1.165, 1.54) is 12.1 Å². The number of rotatable bonds is 4. The maximum Gasteiger partial charge on any atom is 0.416 e. The zero-order valence-corrected chi connectivity index (χ0v) is 12.5. The van der Waals surface area contributed by atoms with E-state index in [-0.39, 0.29) is 18.7 Å². The molecule has 0 fully saturated rings. The molecule has 0 aliphatic rings. The molecular weight excluding hydrogens is 347 g/mol. The van der Waals surface area contributed by atoms with E-state index in [1.807, 2.05) is 24.3 Å². The van der Waals surface area contributed by atoms with Crippen LogP contribution < -0.4 is 10.5 Å². The molecule has 0 aliphatic heterocycles. The molecule has 2 nitrogen and oxygen atoms in total. The molecule has 0 heterocycles. The van der Waals surface area contributed by atoms with Gasteiger partial charge in [-0.2, -0.15) is 13.2 Å². The van der Waals surface area contributed by atoms with Gasteiger partial charge in [-0.1, -0.05) is 34.1 Å². The zero-order valence-electron chi connectivity index (χ0n) is 11.0. The van der Waals surface area contributed by atoms with Crippen LogP contribution in [0.15, 0.2) is 46.9 Å². The molecule has 2 aromatic rings. The van der Waals surface area contributed by atoms with E-state index < -0.39 is 11.7 Å². The highest BCUT2D eigenvalue weighted by atomic mass is 79.9. The smallest absolute Gasteiger partial charge is 0.416 e. The summed E-state index contributed by atoms with van der Waals surface area (Å²) in [5.41, 5.74) is 5.59. The second kappa shape index (κ2) is 6.49. The third-order valence-corrected chi connectivity index (χ3v) is 3.73. The molecule has 2 aromatic carbocycles. The van der Waals surface area contributed by atoms with Gasteiger partial charge in [-0.25, -0.2) is 0 Å². The van der Waals surface area contributed by atoms with Crippen molar-refractivity contribution in [2.45, 2.75) is 19.3 Å². The summed E-state index contributed by atoms with van der Waals surface area (Å²) in [6, 6.07) is 11.1. The molecule has 0 aromatic heterocycles. The Labute approximate surface area is 128 Å². The van der Waals surface area contributed by atoms with Crippen LogP contribution in [0.25, 0.3) is 0 Å². The SMILES string of the molecule is NCc1cc(OCc2ccccc2Br)ccc1C(F)(F)F. The van der Waals surface area contributed by atoms with E-state index >= 15 is 0 Å². The molecule has 0 amide bonds. The Balaban J connectivity index is 2.17. The number of benzene rings is 2. The van der Waals surface area contributed by atoms with Crippen LogP contribution in [-0.4, -0.2) is 0 Å². The summed E-state index contributed by atoms with van der Waals surface area (Å²) in [4.78, 5) is 0. The standard InChI is InChI=1S/C15H13BrF3NO/c16-14-4-2-1-3-10(14)9-21-12-5-6-13(15(17,18)19)11(7-12)8-20/h1-7H,8-9,20H2. The lowest BCUT2D eigenvalue weighted by Crippen LogP contribution is -2.12. The molecule has 0 spiro atoms. The molecule has 112 valence electrons. The van der Waals surface area contributed by atoms with Crippen LogP contribution in [0.2, 0.25) is 0 Å². The van der Waals surface area contributed by atoms with Gasteiger partial charge in [0.05, 0.1) is 5.56 Å². The first-order valence-corrected chi connectivity index (χ1v) is 6.97. The summed E-state index contributed by atoms with van der Waals surface area (Å²) in [7, 11) is 0. The van der Waals surface area contributed by atoms with Crippen LogP contribution in [-0.2, 0) is 19.3 Å². The summed E-state index contributed by atoms with van der Waals surface area (Å²) >= 11 is 3.39. The van der Waals surface area contributed by atoms with Crippen LogP contribution in [0.3, 0.4) is 0 Å². The molecule has 0 aliphatic carbocycles. The number of nitrogens with two attached hydrogens (primary N) is 1. The molecule has 6 heteroatoms. The fraction of sp³-hybridized carbons (Fsp3) is 0.200. The monoisotopic (exact) mass is 359 g/mol. The summed E-state index contributed by atoms with van der Waals surface area (Å²) in [6.07, 6.45) is -4.41. The highest BCUT2D eigenvalue weighted by molar-refractivity contribution is 9.10. The van der Waals surface area contributed by atoms with E-state index in [1.54, 1.807) is 0 Å². The Morgan fingerprint density at radius 1 is 1.05 bits per heavy atom. The van der Waals surface area contributed by atoms with Crippen LogP contribution in [0.1, 0.15) is 16.7 Å². The third-order valence-electron chi connectivity index (χ3n) is 2.95. The van der Waals surface area contributed by atoms with Gasteiger partial charge in [-0.3, -0.25) is 0 Å². The van der Waals surface area contributed by atoms with Crippen molar-refractivity contribution in [1.82, 2.24) is 0 Å². The molecular formula is C15H13BrF3NO. The van der Waals surface area contributed by atoms with Crippen molar-refractivity contribution in [3.05, 3.63) is 63.6 Å². The highest BCUT2D eigenvalue weighted by Gasteiger charge is 2.32. The molecule has 2 N–H and O–H groups in total. The normalized spacial score (nSPS) is 11.5. The lowest BCUT2D eigenvalue weighted by Gasteiger charge is -2.14. The van der Waals surface area contributed by atoms with Crippen molar-refractivity contribution in [2.75, 3.05) is 0 Å². The Hall–Kier alpha value is -1.53. The first-order chi connectivity index (χ1) is 9.91. The summed E-state index contributed by atoms with van der Waals surface area (Å²) in [5.74, 6) is 0.360. The molecule has 21 heavy (non-hydrogen) atoms. The fourth-order valence-corrected chi connectivity index (χ4v) is 2.28. The molecule has 2 rings (SSSR count). The maximum atomic E-state index is 12.8. The van der Waals surface area contributed by atoms with Gasteiger partial charge in [-0.05, 0) is 29.8 Å². The van der Waals surface area contributed by atoms with Gasteiger partial charge in [0.1, 0.15) is 12.4 Å². The van der Waals surface area contributed by atoms with Crippen molar-refractivity contribution >= 4 is 15.9 Å². The number of ether oxygens (including phenoxy) is 1. The number of hydrogen-bond donors (Lipinski definition) is 1. The average molecular weight is 360 g/mol. The summed E-state index contributed by atoms with van der Waals surface area (Å²) in [6.45, 7) is 0.0673. The van der Waals surface area contributed by atoms with Crippen LogP contribution in [0.5, 0.6) is 5.75 Å². The van der Waals surface area contributed by atoms with Crippen LogP contribution >= 0.6 is 15.9 Å². The maximum absolute atomic E-state index is 12.8. The predicted molar refractivity (Wildman–Crippen MR) is 77.8 cm³/mol. The summed E-state index contributed by atoms with van der Waals surface area (Å²) in [5, 5.41) is 0. The minimum absolute atomic E-state index is 0.0205. The molecule has 0 atom stereocenters. The Bertz CT molecular complexity index is 629. The Morgan fingerprint density at radius 3 is 2.38 bits per heavy atom. The first kappa shape index (κ1) is 15.9. The number of hydrogen-bond acceptors (Lipinski definition) is 2. The molecule has 0 radical (unpaired) electrons. The molecule has 0 saturated heterocycles. The van der Waals surface area contributed by atoms with E-state index in [0.29, 0.717) is 5.75 Å². The van der Waals surface area contributed by atoms with Crippen molar-refractivity contribution in [3.63, 3.8) is 0 Å².